The van der Waals surface area contributed by atoms with E-state index in [-0.39, 0.29) is 29.6 Å². The van der Waals surface area contributed by atoms with Gasteiger partial charge in [0.25, 0.3) is 0 Å². The van der Waals surface area contributed by atoms with Gasteiger partial charge < -0.3 is 25.8 Å². The second-order valence-electron chi connectivity index (χ2n) is 2.01. The zero-order chi connectivity index (χ0) is 9.02. The summed E-state index contributed by atoms with van der Waals surface area (Å²) in [5.74, 6) is -2.98. The molecule has 1 unspecified atom stereocenters. The Labute approximate surface area is 90.7 Å². The van der Waals surface area contributed by atoms with Crippen LogP contribution in [0.2, 0.25) is 0 Å². The molecule has 6 nitrogen and oxygen atoms in total. The van der Waals surface area contributed by atoms with Crippen LogP contribution in [0, 0.1) is 0 Å². The Balaban J connectivity index is 0. The first-order chi connectivity index (χ1) is 4.95. The second-order valence-corrected chi connectivity index (χ2v) is 2.01. The number of rotatable bonds is 4. The van der Waals surface area contributed by atoms with Crippen molar-refractivity contribution in [3.63, 3.8) is 0 Å². The quantitative estimate of drug-likeness (QED) is 0.374. The van der Waals surface area contributed by atoms with Gasteiger partial charge in [-0.2, -0.15) is 0 Å². The Morgan fingerprint density at radius 1 is 1.50 bits per heavy atom. The molecule has 0 aromatic heterocycles. The largest absolute Gasteiger partial charge is 1.00 e. The van der Waals surface area contributed by atoms with Crippen molar-refractivity contribution >= 4 is 11.9 Å². The van der Waals surface area contributed by atoms with Crippen LogP contribution in [0.1, 0.15) is 6.42 Å². The summed E-state index contributed by atoms with van der Waals surface area (Å²) in [6, 6.07) is -1.58. The fourth-order valence-corrected chi connectivity index (χ4v) is 0.462. The molecule has 0 aromatic rings. The van der Waals surface area contributed by atoms with Crippen molar-refractivity contribution in [2.75, 3.05) is 0 Å². The molecule has 7 heteroatoms. The molecule has 12 heavy (non-hydrogen) atoms. The van der Waals surface area contributed by atoms with Gasteiger partial charge in [0.05, 0.1) is 6.10 Å². The predicted octanol–water partition coefficient (Wildman–Crippen LogP) is -6.10. The summed E-state index contributed by atoms with van der Waals surface area (Å²) in [4.78, 5) is 19.8. The van der Waals surface area contributed by atoms with Gasteiger partial charge >= 0.3 is 35.5 Å². The number of carbonyl (C=O) groups is 2. The van der Waals surface area contributed by atoms with E-state index in [9.17, 15) is 14.7 Å². The Hall–Kier alpha value is -0.140. The number of aliphatic hydroxyl groups excluding tert-OH is 1. The molecule has 4 N–H and O–H groups in total. The number of aliphatic hydroxyl groups is 1. The van der Waals surface area contributed by atoms with Crippen LogP contribution >= 0.6 is 0 Å². The number of aliphatic carboxylic acids is 2. The van der Waals surface area contributed by atoms with E-state index in [0.29, 0.717) is 0 Å². The number of hydrogen-bond donors (Lipinski definition) is 3. The SMILES string of the molecule is N[C@H](C(=O)O)C(O)CC(=O)[O-].[Na+]. The number of nitrogens with two attached hydrogens (primary N) is 1. The molecular formula is C5H8NNaO5. The van der Waals surface area contributed by atoms with E-state index in [1.807, 2.05) is 0 Å². The van der Waals surface area contributed by atoms with Crippen molar-refractivity contribution < 1.29 is 54.5 Å². The monoisotopic (exact) mass is 185 g/mol. The van der Waals surface area contributed by atoms with E-state index in [1.54, 1.807) is 0 Å². The summed E-state index contributed by atoms with van der Waals surface area (Å²) < 4.78 is 0. The molecule has 0 spiro atoms. The number of carboxylic acids is 2. The maximum Gasteiger partial charge on any atom is 1.00 e. The van der Waals surface area contributed by atoms with Crippen molar-refractivity contribution in [1.82, 2.24) is 0 Å². The molecule has 2 atom stereocenters. The van der Waals surface area contributed by atoms with E-state index in [0.717, 1.165) is 0 Å². The van der Waals surface area contributed by atoms with Gasteiger partial charge in [-0.25, -0.2) is 0 Å². The second kappa shape index (κ2) is 6.38. The molecule has 0 amide bonds. The van der Waals surface area contributed by atoms with E-state index >= 15 is 0 Å². The first-order valence-corrected chi connectivity index (χ1v) is 2.81. The van der Waals surface area contributed by atoms with Crippen LogP contribution in [0.4, 0.5) is 0 Å². The van der Waals surface area contributed by atoms with Crippen LogP contribution in [0.5, 0.6) is 0 Å². The van der Waals surface area contributed by atoms with Gasteiger partial charge in [0.1, 0.15) is 6.04 Å². The number of carboxylic acid groups (broad SMARTS) is 2. The van der Waals surface area contributed by atoms with Gasteiger partial charge in [-0.15, -0.1) is 0 Å². The molecule has 0 aliphatic rings. The molecule has 0 rings (SSSR count). The average Bonchev–Trinajstić information content (AvgIpc) is 1.84. The summed E-state index contributed by atoms with van der Waals surface area (Å²) >= 11 is 0. The maximum absolute atomic E-state index is 10.0. The normalized spacial score (nSPS) is 14.2. The van der Waals surface area contributed by atoms with Gasteiger partial charge in [-0.1, -0.05) is 0 Å². The Morgan fingerprint density at radius 2 is 1.92 bits per heavy atom. The third-order valence-electron chi connectivity index (χ3n) is 1.08. The van der Waals surface area contributed by atoms with Crippen LogP contribution in [-0.2, 0) is 9.59 Å². The van der Waals surface area contributed by atoms with Crippen molar-refractivity contribution in [2.45, 2.75) is 18.6 Å². The van der Waals surface area contributed by atoms with Crippen molar-refractivity contribution in [1.29, 1.82) is 0 Å². The molecule has 0 heterocycles. The molecule has 0 bridgehead atoms. The Kier molecular flexibility index (Phi) is 7.65. The first kappa shape index (κ1) is 14.4. The number of carbonyl (C=O) groups excluding carboxylic acids is 1. The molecule has 0 saturated carbocycles. The summed E-state index contributed by atoms with van der Waals surface area (Å²) in [5.41, 5.74) is 4.87. The van der Waals surface area contributed by atoms with Crippen LogP contribution in [-0.4, -0.2) is 34.3 Å². The average molecular weight is 185 g/mol. The fraction of sp³-hybridized carbons (Fsp3) is 0.600. The van der Waals surface area contributed by atoms with Crippen LogP contribution in [0.25, 0.3) is 0 Å². The van der Waals surface area contributed by atoms with E-state index in [1.165, 1.54) is 0 Å². The number of hydrogen-bond acceptors (Lipinski definition) is 5. The van der Waals surface area contributed by atoms with E-state index in [4.69, 9.17) is 15.9 Å². The smallest absolute Gasteiger partial charge is 0.550 e. The molecule has 0 aromatic carbocycles. The fourth-order valence-electron chi connectivity index (χ4n) is 0.462. The minimum absolute atomic E-state index is 0. The van der Waals surface area contributed by atoms with Gasteiger partial charge in [0, 0.05) is 12.4 Å². The topological polar surface area (TPSA) is 124 Å². The third kappa shape index (κ3) is 5.50. The predicted molar refractivity (Wildman–Crippen MR) is 31.2 cm³/mol. The van der Waals surface area contributed by atoms with Gasteiger partial charge in [0.2, 0.25) is 0 Å². The molecule has 0 fully saturated rings. The summed E-state index contributed by atoms with van der Waals surface area (Å²) in [6.45, 7) is 0. The molecule has 0 saturated heterocycles. The summed E-state index contributed by atoms with van der Waals surface area (Å²) in [7, 11) is 0. The van der Waals surface area contributed by atoms with Gasteiger partial charge in [0.15, 0.2) is 0 Å². The zero-order valence-corrected chi connectivity index (χ0v) is 8.56. The third-order valence-corrected chi connectivity index (χ3v) is 1.08. The van der Waals surface area contributed by atoms with E-state index < -0.39 is 30.5 Å². The first-order valence-electron chi connectivity index (χ1n) is 2.81. The molecule has 0 radical (unpaired) electrons. The van der Waals surface area contributed by atoms with Crippen LogP contribution in [0.15, 0.2) is 0 Å². The van der Waals surface area contributed by atoms with Crippen molar-refractivity contribution in [2.24, 2.45) is 5.73 Å². The molecule has 0 aliphatic carbocycles. The van der Waals surface area contributed by atoms with Crippen LogP contribution < -0.4 is 40.4 Å². The molecular weight excluding hydrogens is 177 g/mol. The van der Waals surface area contributed by atoms with E-state index in [2.05, 4.69) is 0 Å². The van der Waals surface area contributed by atoms with Crippen LogP contribution in [0.3, 0.4) is 0 Å². The van der Waals surface area contributed by atoms with Gasteiger partial charge in [-0.3, -0.25) is 4.79 Å². The summed E-state index contributed by atoms with van der Waals surface area (Å²) in [5, 5.41) is 26.7. The zero-order valence-electron chi connectivity index (χ0n) is 6.56. The van der Waals surface area contributed by atoms with Crippen molar-refractivity contribution in [3.8, 4) is 0 Å². The molecule has 64 valence electrons. The molecule has 0 aliphatic heterocycles. The Morgan fingerprint density at radius 3 is 2.17 bits per heavy atom. The Bertz CT molecular complexity index is 173. The summed E-state index contributed by atoms with van der Waals surface area (Å²) in [6.07, 6.45) is -2.37. The standard InChI is InChI=1S/C5H9NO5.Na/c6-4(5(10)11)2(7)1-3(8)9;/h2,4,7H,1,6H2,(H,8,9)(H,10,11);/q;+1/p-1/t2?,4-;/m0./s1. The maximum atomic E-state index is 10.0. The minimum atomic E-state index is -1.60. The van der Waals surface area contributed by atoms with Crippen molar-refractivity contribution in [3.05, 3.63) is 0 Å². The minimum Gasteiger partial charge on any atom is -0.550 e. The van der Waals surface area contributed by atoms with Gasteiger partial charge in [-0.05, 0) is 0 Å².